The van der Waals surface area contributed by atoms with Gasteiger partial charge in [-0.3, -0.25) is 9.59 Å². The number of carbonyl (C=O) groups excluding carboxylic acids is 2. The molecule has 7 heteroatoms. The Morgan fingerprint density at radius 3 is 2.57 bits per heavy atom. The van der Waals surface area contributed by atoms with E-state index in [-0.39, 0.29) is 58.0 Å². The second-order valence-corrected chi connectivity index (χ2v) is 8.28. The van der Waals surface area contributed by atoms with Gasteiger partial charge in [-0.15, -0.1) is 11.8 Å². The number of carbonyl (C=O) groups is 2. The summed E-state index contributed by atoms with van der Waals surface area (Å²) in [5, 5.41) is 2.77. The van der Waals surface area contributed by atoms with Gasteiger partial charge in [-0.2, -0.15) is 13.5 Å². The topological polar surface area (TPSA) is 68.5 Å². The van der Waals surface area contributed by atoms with Gasteiger partial charge in [0.05, 0.1) is 23.4 Å². The van der Waals surface area contributed by atoms with Gasteiger partial charge in [0.25, 0.3) is 0 Å². The van der Waals surface area contributed by atoms with Crippen LogP contribution in [-0.2, 0) is 20.1 Å². The molecule has 1 saturated heterocycles. The number of ether oxygens (including phenoxy) is 1. The number of hydrogen-bond donors (Lipinski definition) is 1. The fraction of sp³-hybridized carbons (Fsp3) is 0.714. The highest BCUT2D eigenvalue weighted by Gasteiger charge is 2.36. The molecule has 0 radical (unpaired) electrons. The Balaban J connectivity index is 0.00000243. The van der Waals surface area contributed by atoms with Crippen LogP contribution >= 0.6 is 25.3 Å². The Hall–Kier alpha value is -0.920. The number of ketones is 1. The Labute approximate surface area is 181 Å². The summed E-state index contributed by atoms with van der Waals surface area (Å²) in [4.78, 5) is 24.8. The molecule has 1 aliphatic carbocycles. The van der Waals surface area contributed by atoms with Crippen LogP contribution in [0.15, 0.2) is 22.8 Å². The highest BCUT2D eigenvalue weighted by atomic mass is 32.2. The Kier molecular flexibility index (Phi) is 12.9. The van der Waals surface area contributed by atoms with E-state index in [0.717, 1.165) is 12.2 Å². The molecule has 0 bridgehead atoms. The molecule has 0 aromatic carbocycles. The van der Waals surface area contributed by atoms with Crippen LogP contribution in [0.4, 0.5) is 0 Å². The molecule has 3 atom stereocenters. The zero-order valence-electron chi connectivity index (χ0n) is 15.2. The van der Waals surface area contributed by atoms with Gasteiger partial charge in [-0.1, -0.05) is 47.0 Å². The molecule has 2 aliphatic rings. The molecule has 3 rings (SSSR count). The van der Waals surface area contributed by atoms with Crippen molar-refractivity contribution in [2.45, 2.75) is 83.5 Å². The highest BCUT2D eigenvalue weighted by molar-refractivity contribution is 7.99. The van der Waals surface area contributed by atoms with Crippen molar-refractivity contribution in [1.82, 2.24) is 5.32 Å². The smallest absolute Gasteiger partial charge is 0.233 e. The molecule has 1 aromatic rings. The van der Waals surface area contributed by atoms with Crippen molar-refractivity contribution in [2.24, 2.45) is 5.92 Å². The minimum atomic E-state index is -0.509. The van der Waals surface area contributed by atoms with E-state index >= 15 is 0 Å². The number of furan rings is 1. The van der Waals surface area contributed by atoms with Crippen molar-refractivity contribution < 1.29 is 18.7 Å². The Morgan fingerprint density at radius 1 is 1.29 bits per heavy atom. The first-order valence-corrected chi connectivity index (χ1v) is 10.3. The molecule has 28 heavy (non-hydrogen) atoms. The lowest BCUT2D eigenvalue weighted by Crippen LogP contribution is -2.47. The van der Waals surface area contributed by atoms with Crippen LogP contribution < -0.4 is 5.32 Å². The van der Waals surface area contributed by atoms with Gasteiger partial charge in [0.2, 0.25) is 5.91 Å². The lowest BCUT2D eigenvalue weighted by molar-refractivity contribution is -0.126. The number of rotatable bonds is 7. The minimum absolute atomic E-state index is 0. The van der Waals surface area contributed by atoms with E-state index in [2.05, 4.69) is 5.32 Å². The molecular weight excluding hydrogens is 394 g/mol. The number of hydrogen-bond acceptors (Lipinski definition) is 5. The maximum absolute atomic E-state index is 12.9. The van der Waals surface area contributed by atoms with E-state index in [1.807, 2.05) is 19.1 Å². The summed E-state index contributed by atoms with van der Waals surface area (Å²) in [6.07, 6.45) is 8.50. The molecule has 0 spiro atoms. The molecule has 1 N–H and O–H groups in total. The van der Waals surface area contributed by atoms with Crippen LogP contribution in [0.25, 0.3) is 0 Å². The molecule has 1 amide bonds. The average Bonchev–Trinajstić information content (AvgIpc) is 3.24. The monoisotopic (exact) mass is 431 g/mol. The van der Waals surface area contributed by atoms with Gasteiger partial charge in [0.15, 0.2) is 5.78 Å². The molecule has 2 fully saturated rings. The quantitative estimate of drug-likeness (QED) is 0.677. The summed E-state index contributed by atoms with van der Waals surface area (Å²) in [7, 11) is 0. The first kappa shape index (κ1) is 27.1. The van der Waals surface area contributed by atoms with Crippen molar-refractivity contribution in [3.05, 3.63) is 24.2 Å². The van der Waals surface area contributed by atoms with E-state index in [1.54, 1.807) is 18.0 Å². The van der Waals surface area contributed by atoms with Crippen LogP contribution in [-0.4, -0.2) is 35.7 Å². The van der Waals surface area contributed by atoms with E-state index in [1.165, 1.54) is 32.1 Å². The van der Waals surface area contributed by atoms with Crippen LogP contribution in [0.1, 0.15) is 66.1 Å². The maximum atomic E-state index is 12.9. The average molecular weight is 432 g/mol. The second kappa shape index (κ2) is 13.3. The fourth-order valence-corrected chi connectivity index (χ4v) is 4.82. The normalized spacial score (nSPS) is 23.1. The number of thioether (sulfide) groups is 1. The lowest BCUT2D eigenvalue weighted by Gasteiger charge is -2.26. The van der Waals surface area contributed by atoms with Crippen molar-refractivity contribution in [1.29, 1.82) is 0 Å². The third kappa shape index (κ3) is 7.48. The molecular formula is C21H37NO4S2. The summed E-state index contributed by atoms with van der Waals surface area (Å²) in [5.41, 5.74) is 0. The lowest BCUT2D eigenvalue weighted by atomic mass is 9.86. The molecule has 1 aliphatic heterocycles. The predicted molar refractivity (Wildman–Crippen MR) is 121 cm³/mol. The number of amides is 1. The van der Waals surface area contributed by atoms with E-state index in [4.69, 9.17) is 9.15 Å². The molecule has 1 aromatic heterocycles. The van der Waals surface area contributed by atoms with Gasteiger partial charge >= 0.3 is 0 Å². The van der Waals surface area contributed by atoms with Crippen molar-refractivity contribution in [2.75, 3.05) is 6.61 Å². The minimum Gasteiger partial charge on any atom is -0.468 e. The van der Waals surface area contributed by atoms with Gasteiger partial charge < -0.3 is 14.5 Å². The highest BCUT2D eigenvalue weighted by Crippen LogP contribution is 2.32. The number of nitrogens with one attached hydrogen (secondary N) is 1. The molecule has 5 nitrogen and oxygen atoms in total. The maximum Gasteiger partial charge on any atom is 0.233 e. The van der Waals surface area contributed by atoms with Gasteiger partial charge in [-0.05, 0) is 31.4 Å². The first-order valence-electron chi connectivity index (χ1n) is 9.22. The largest absolute Gasteiger partial charge is 0.468 e. The van der Waals surface area contributed by atoms with Crippen LogP contribution in [0.2, 0.25) is 0 Å². The van der Waals surface area contributed by atoms with Crippen LogP contribution in [0.3, 0.4) is 0 Å². The molecule has 1 saturated carbocycles. The standard InChI is InChI=1S/C19H27NO4S.2CH4.H2S/c1-13-18(16(21)11-24-13)20-19(22)17(10-14-6-3-2-4-7-14)25-12-15-8-5-9-23-15;;;/h5,8-9,13-14,17-18H,2-4,6-7,10-12H2,1H3,(H,20,22);2*1H4;1H2/t13-,17+,18+;;;/m0.../s1. The zero-order chi connectivity index (χ0) is 17.6. The molecule has 0 unspecified atom stereocenters. The van der Waals surface area contributed by atoms with E-state index in [9.17, 15) is 9.59 Å². The molecule has 2 heterocycles. The molecule has 162 valence electrons. The number of Topliss-reactive ketones (excluding diaryl/α,β-unsaturated/α-hetero) is 1. The second-order valence-electron chi connectivity index (χ2n) is 7.09. The fourth-order valence-electron chi connectivity index (χ4n) is 3.66. The van der Waals surface area contributed by atoms with E-state index in [0.29, 0.717) is 11.7 Å². The first-order chi connectivity index (χ1) is 12.1. The van der Waals surface area contributed by atoms with Crippen LogP contribution in [0, 0.1) is 5.92 Å². The summed E-state index contributed by atoms with van der Waals surface area (Å²) in [5.74, 6) is 2.07. The third-order valence-corrected chi connectivity index (χ3v) is 6.43. The SMILES string of the molecule is C.C.C[C@@H]1OCC(=O)[C@@H]1NC(=O)[C@@H](CC1CCCCC1)SCc1ccco1.S. The Morgan fingerprint density at radius 2 is 2.00 bits per heavy atom. The van der Waals surface area contributed by atoms with Crippen molar-refractivity contribution in [3.8, 4) is 0 Å². The summed E-state index contributed by atoms with van der Waals surface area (Å²) in [6.45, 7) is 1.93. The van der Waals surface area contributed by atoms with Crippen molar-refractivity contribution >= 4 is 36.9 Å². The van der Waals surface area contributed by atoms with Gasteiger partial charge in [-0.25, -0.2) is 0 Å². The zero-order valence-corrected chi connectivity index (χ0v) is 17.1. The predicted octanol–water partition coefficient (Wildman–Crippen LogP) is 4.71. The van der Waals surface area contributed by atoms with Gasteiger partial charge in [0, 0.05) is 0 Å². The van der Waals surface area contributed by atoms with Gasteiger partial charge in [0.1, 0.15) is 18.4 Å². The third-order valence-electron chi connectivity index (χ3n) is 5.17. The Bertz CT molecular complexity index is 573. The summed E-state index contributed by atoms with van der Waals surface area (Å²) >= 11 is 1.61. The van der Waals surface area contributed by atoms with E-state index < -0.39 is 6.04 Å². The van der Waals surface area contributed by atoms with Crippen LogP contribution in [0.5, 0.6) is 0 Å². The van der Waals surface area contributed by atoms with Crippen molar-refractivity contribution in [3.63, 3.8) is 0 Å². The summed E-state index contributed by atoms with van der Waals surface area (Å²) < 4.78 is 10.7. The summed E-state index contributed by atoms with van der Waals surface area (Å²) in [6, 6.07) is 3.28.